The highest BCUT2D eigenvalue weighted by molar-refractivity contribution is 7.73. The van der Waals surface area contributed by atoms with Gasteiger partial charge in [0.1, 0.15) is 7.14 Å². The summed E-state index contributed by atoms with van der Waals surface area (Å²) in [5.41, 5.74) is 11.5. The number of alkyl halides is 6. The first-order chi connectivity index (χ1) is 20.7. The van der Waals surface area contributed by atoms with Crippen molar-refractivity contribution in [1.82, 2.24) is 0 Å². The molecule has 0 saturated heterocycles. The quantitative estimate of drug-likeness (QED) is 0.236. The van der Waals surface area contributed by atoms with Crippen LogP contribution >= 0.6 is 7.14 Å². The van der Waals surface area contributed by atoms with Gasteiger partial charge in [0.25, 0.3) is 0 Å². The number of rotatable bonds is 7. The Balaban J connectivity index is 1.22. The minimum absolute atomic E-state index is 0.111. The van der Waals surface area contributed by atoms with Gasteiger partial charge in [-0.25, -0.2) is 0 Å². The van der Waals surface area contributed by atoms with Crippen LogP contribution in [-0.2, 0) is 14.0 Å². The standard InChI is InChI=1S/C32H47F6N2O3P/c33-31(34,35)27-18-20(39)6-16-29(27)42-22-8-12-25(13-9-22)44(41,24-4-2-1-3-5-24)26-14-10-23(11-15-26)43-30-17-7-21(40)19-28(30)32(36,37)38/h1-5,20-23,25-30H,6-19,39-40H2. The van der Waals surface area contributed by atoms with Crippen molar-refractivity contribution >= 4 is 12.4 Å². The predicted octanol–water partition coefficient (Wildman–Crippen LogP) is 7.45. The zero-order valence-corrected chi connectivity index (χ0v) is 26.0. The lowest BCUT2D eigenvalue weighted by atomic mass is 9.82. The van der Waals surface area contributed by atoms with E-state index in [1.54, 1.807) is 0 Å². The summed E-state index contributed by atoms with van der Waals surface area (Å²) in [6.07, 6.45) is -5.17. The van der Waals surface area contributed by atoms with Gasteiger partial charge in [0.05, 0.1) is 36.3 Å². The van der Waals surface area contributed by atoms with Crippen LogP contribution in [0.1, 0.15) is 89.9 Å². The first-order valence-corrected chi connectivity index (χ1v) is 18.2. The summed E-state index contributed by atoms with van der Waals surface area (Å²) in [6.45, 7) is 0. The van der Waals surface area contributed by atoms with Crippen LogP contribution in [0, 0.1) is 11.8 Å². The van der Waals surface area contributed by atoms with Gasteiger partial charge in [0.2, 0.25) is 0 Å². The number of hydrogen-bond acceptors (Lipinski definition) is 5. The minimum atomic E-state index is -4.36. The van der Waals surface area contributed by atoms with Crippen molar-refractivity contribution in [1.29, 1.82) is 0 Å². The van der Waals surface area contributed by atoms with E-state index in [1.165, 1.54) is 0 Å². The number of benzene rings is 1. The molecule has 250 valence electrons. The molecule has 4 aliphatic rings. The van der Waals surface area contributed by atoms with E-state index >= 15 is 4.57 Å². The smallest absolute Gasteiger partial charge is 0.374 e. The second-order valence-electron chi connectivity index (χ2n) is 13.7. The largest absolute Gasteiger partial charge is 0.394 e. The van der Waals surface area contributed by atoms with Gasteiger partial charge in [-0.15, -0.1) is 0 Å². The lowest BCUT2D eigenvalue weighted by Gasteiger charge is -2.43. The van der Waals surface area contributed by atoms with Gasteiger partial charge in [-0.1, -0.05) is 30.3 Å². The molecule has 1 aromatic carbocycles. The molecule has 0 aromatic heterocycles. The van der Waals surface area contributed by atoms with E-state index in [0.717, 1.165) is 5.30 Å². The topological polar surface area (TPSA) is 87.6 Å². The van der Waals surface area contributed by atoms with E-state index in [0.29, 0.717) is 64.2 Å². The average molecular weight is 653 g/mol. The van der Waals surface area contributed by atoms with Crippen LogP contribution in [0.4, 0.5) is 26.3 Å². The molecule has 44 heavy (non-hydrogen) atoms. The lowest BCUT2D eigenvalue weighted by Crippen LogP contribution is -2.46. The van der Waals surface area contributed by atoms with Gasteiger partial charge in [0.15, 0.2) is 0 Å². The van der Waals surface area contributed by atoms with E-state index in [1.807, 2.05) is 30.3 Å². The second kappa shape index (κ2) is 13.9. The summed E-state index contributed by atoms with van der Waals surface area (Å²) < 4.78 is 110. The Kier molecular flexibility index (Phi) is 10.8. The van der Waals surface area contributed by atoms with E-state index < -0.39 is 55.6 Å². The maximum Gasteiger partial charge on any atom is 0.394 e. The third kappa shape index (κ3) is 7.87. The Morgan fingerprint density at radius 3 is 1.34 bits per heavy atom. The summed E-state index contributed by atoms with van der Waals surface area (Å²) in [7, 11) is -2.96. The molecule has 4 fully saturated rings. The summed E-state index contributed by atoms with van der Waals surface area (Å²) in [5, 5.41) is 0.811. The molecule has 0 heterocycles. The Morgan fingerprint density at radius 1 is 0.591 bits per heavy atom. The van der Waals surface area contributed by atoms with Crippen LogP contribution in [0.3, 0.4) is 0 Å². The first kappa shape index (κ1) is 34.2. The molecule has 0 aliphatic heterocycles. The van der Waals surface area contributed by atoms with E-state index in [-0.39, 0.29) is 49.2 Å². The summed E-state index contributed by atoms with van der Waals surface area (Å²) in [5.74, 6) is -3.12. The molecule has 1 aromatic rings. The Labute approximate surface area is 256 Å². The van der Waals surface area contributed by atoms with Crippen molar-refractivity contribution in [2.45, 2.75) is 150 Å². The molecule has 5 rings (SSSR count). The van der Waals surface area contributed by atoms with Gasteiger partial charge in [-0.05, 0) is 89.9 Å². The van der Waals surface area contributed by atoms with Crippen LogP contribution < -0.4 is 16.8 Å². The third-order valence-corrected chi connectivity index (χ3v) is 15.1. The molecule has 12 heteroatoms. The second-order valence-corrected chi connectivity index (χ2v) is 17.1. The molecule has 4 N–H and O–H groups in total. The monoisotopic (exact) mass is 652 g/mol. The molecule has 6 atom stereocenters. The average Bonchev–Trinajstić information content (AvgIpc) is 2.99. The Hall–Kier alpha value is -1.13. The van der Waals surface area contributed by atoms with Crippen molar-refractivity contribution < 1.29 is 40.4 Å². The highest BCUT2D eigenvalue weighted by Gasteiger charge is 2.51. The van der Waals surface area contributed by atoms with Crippen molar-refractivity contribution in [2.24, 2.45) is 23.3 Å². The Morgan fingerprint density at radius 2 is 0.977 bits per heavy atom. The van der Waals surface area contributed by atoms with E-state index in [9.17, 15) is 26.3 Å². The molecule has 0 amide bonds. The van der Waals surface area contributed by atoms with Crippen molar-refractivity contribution in [3.05, 3.63) is 30.3 Å². The minimum Gasteiger partial charge on any atom is -0.374 e. The first-order valence-electron chi connectivity index (χ1n) is 16.4. The van der Waals surface area contributed by atoms with Crippen LogP contribution in [0.15, 0.2) is 30.3 Å². The molecule has 4 aliphatic carbocycles. The van der Waals surface area contributed by atoms with Crippen LogP contribution in [0.2, 0.25) is 0 Å². The fourth-order valence-corrected chi connectivity index (χ4v) is 12.6. The maximum atomic E-state index is 15.2. The summed E-state index contributed by atoms with van der Waals surface area (Å²) in [4.78, 5) is 0. The van der Waals surface area contributed by atoms with Crippen LogP contribution in [0.25, 0.3) is 0 Å². The van der Waals surface area contributed by atoms with Gasteiger partial charge in [0, 0.05) is 28.7 Å². The third-order valence-electron chi connectivity index (χ3n) is 10.8. The zero-order valence-electron chi connectivity index (χ0n) is 25.2. The maximum absolute atomic E-state index is 15.2. The number of ether oxygens (including phenoxy) is 2. The van der Waals surface area contributed by atoms with E-state index in [2.05, 4.69) is 0 Å². The van der Waals surface area contributed by atoms with Gasteiger partial charge >= 0.3 is 12.4 Å². The lowest BCUT2D eigenvalue weighted by molar-refractivity contribution is -0.226. The number of nitrogens with two attached hydrogens (primary N) is 2. The normalized spacial score (nSPS) is 39.0. The van der Waals surface area contributed by atoms with Crippen molar-refractivity contribution in [2.75, 3.05) is 0 Å². The highest BCUT2D eigenvalue weighted by atomic mass is 31.2. The van der Waals surface area contributed by atoms with Gasteiger partial charge in [-0.2, -0.15) is 26.3 Å². The molecular formula is C32H47F6N2O3P. The van der Waals surface area contributed by atoms with E-state index in [4.69, 9.17) is 20.9 Å². The summed E-state index contributed by atoms with van der Waals surface area (Å²) >= 11 is 0. The molecule has 0 bridgehead atoms. The molecule has 0 radical (unpaired) electrons. The van der Waals surface area contributed by atoms with Crippen molar-refractivity contribution in [3.63, 3.8) is 0 Å². The molecule has 0 spiro atoms. The number of halogens is 6. The Bertz CT molecular complexity index is 1040. The fraction of sp³-hybridized carbons (Fsp3) is 0.812. The van der Waals surface area contributed by atoms with Crippen molar-refractivity contribution in [3.8, 4) is 0 Å². The summed E-state index contributed by atoms with van der Waals surface area (Å²) in [6, 6.07) is 8.50. The predicted molar refractivity (Wildman–Crippen MR) is 158 cm³/mol. The van der Waals surface area contributed by atoms with Gasteiger partial charge < -0.3 is 25.5 Å². The molecular weight excluding hydrogens is 605 g/mol. The van der Waals surface area contributed by atoms with Crippen LogP contribution in [0.5, 0.6) is 0 Å². The highest BCUT2D eigenvalue weighted by Crippen LogP contribution is 2.62. The molecule has 5 nitrogen and oxygen atoms in total. The fourth-order valence-electron chi connectivity index (χ4n) is 8.37. The number of hydrogen-bond donors (Lipinski definition) is 2. The van der Waals surface area contributed by atoms with Crippen LogP contribution in [-0.4, -0.2) is 60.2 Å². The molecule has 6 unspecified atom stereocenters. The zero-order chi connectivity index (χ0) is 31.7. The van der Waals surface area contributed by atoms with Gasteiger partial charge in [-0.3, -0.25) is 0 Å². The molecule has 4 saturated carbocycles. The SMILES string of the molecule is NC1CCC(OC2CCC(P(=O)(c3ccccc3)C3CCC(OC4CCC(N)CC4C(F)(F)F)CC3)CC2)C(C(F)(F)F)C1.